The van der Waals surface area contributed by atoms with Crippen LogP contribution in [0.4, 0.5) is 5.69 Å². The largest absolute Gasteiger partial charge is 0.378 e. The molecule has 0 saturated carbocycles. The summed E-state index contributed by atoms with van der Waals surface area (Å²) in [5, 5.41) is 0. The predicted molar refractivity (Wildman–Crippen MR) is 49.1 cm³/mol. The number of hydrogen-bond acceptors (Lipinski definition) is 4. The third-order valence-electron chi connectivity index (χ3n) is 2.44. The van der Waals surface area contributed by atoms with Crippen LogP contribution in [0.2, 0.25) is 0 Å². The van der Waals surface area contributed by atoms with Gasteiger partial charge in [0.25, 0.3) is 0 Å². The zero-order chi connectivity index (χ0) is 9.42. The van der Waals surface area contributed by atoms with Gasteiger partial charge in [-0.2, -0.15) is 0 Å². The Morgan fingerprint density at radius 3 is 2.31 bits per heavy atom. The van der Waals surface area contributed by atoms with E-state index in [1.54, 1.807) is 6.92 Å². The first kappa shape index (κ1) is 8.44. The molecule has 0 aliphatic carbocycles. The van der Waals surface area contributed by atoms with E-state index in [0.29, 0.717) is 37.6 Å². The van der Waals surface area contributed by atoms with Crippen molar-refractivity contribution in [2.75, 3.05) is 31.2 Å². The minimum absolute atomic E-state index is 0.332. The van der Waals surface area contributed by atoms with Gasteiger partial charge in [0.2, 0.25) is 10.9 Å². The Labute approximate surface area is 75.4 Å². The summed E-state index contributed by atoms with van der Waals surface area (Å²) in [7, 11) is 0. The highest BCUT2D eigenvalue weighted by molar-refractivity contribution is 5.58. The van der Waals surface area contributed by atoms with Crippen molar-refractivity contribution >= 4 is 5.69 Å². The molecule has 1 aromatic rings. The summed E-state index contributed by atoms with van der Waals surface area (Å²) in [6, 6.07) is 0. The number of rotatable bonds is 1. The molecule has 4 heteroatoms. The quantitative estimate of drug-likeness (QED) is 0.544. The van der Waals surface area contributed by atoms with Crippen LogP contribution in [0.3, 0.4) is 0 Å². The van der Waals surface area contributed by atoms with Gasteiger partial charge in [0.15, 0.2) is 0 Å². The van der Waals surface area contributed by atoms with Gasteiger partial charge < -0.3 is 9.64 Å². The molecule has 0 atom stereocenters. The maximum Gasteiger partial charge on any atom is 0.249 e. The lowest BCUT2D eigenvalue weighted by molar-refractivity contribution is 0.122. The first-order valence-corrected chi connectivity index (χ1v) is 4.34. The molecule has 0 N–H and O–H groups in total. The topological polar surface area (TPSA) is 46.6 Å². The minimum Gasteiger partial charge on any atom is -0.378 e. The van der Waals surface area contributed by atoms with E-state index in [0.717, 1.165) is 0 Å². The van der Waals surface area contributed by atoms with E-state index < -0.39 is 0 Å². The van der Waals surface area contributed by atoms with E-state index >= 15 is 0 Å². The molecule has 1 fully saturated rings. The molecule has 4 nitrogen and oxygen atoms in total. The molecule has 2 rings (SSSR count). The molecule has 1 aliphatic heterocycles. The van der Waals surface area contributed by atoms with Crippen LogP contribution in [0.25, 0.3) is 0 Å². The summed E-state index contributed by atoms with van der Waals surface area (Å²) in [5.41, 5.74) is 0.543. The van der Waals surface area contributed by atoms with Crippen molar-refractivity contribution in [2.24, 2.45) is 0 Å². The van der Waals surface area contributed by atoms with Crippen LogP contribution in [-0.2, 0) is 4.74 Å². The maximum atomic E-state index is 11.2. The fourth-order valence-electron chi connectivity index (χ4n) is 1.66. The van der Waals surface area contributed by atoms with E-state index in [9.17, 15) is 9.59 Å². The number of anilines is 1. The number of ether oxygens (including phenoxy) is 1. The molecule has 0 unspecified atom stereocenters. The van der Waals surface area contributed by atoms with Crippen LogP contribution in [0.1, 0.15) is 5.56 Å². The Morgan fingerprint density at radius 2 is 1.77 bits per heavy atom. The van der Waals surface area contributed by atoms with Gasteiger partial charge in [-0.05, 0) is 6.92 Å². The first-order valence-electron chi connectivity index (χ1n) is 4.34. The number of nitrogens with zero attached hydrogens (tertiary/aromatic N) is 1. The molecular formula is C9H11NO3. The molecule has 0 bridgehead atoms. The highest BCUT2D eigenvalue weighted by atomic mass is 16.5. The number of hydrogen-bond donors (Lipinski definition) is 0. The summed E-state index contributed by atoms with van der Waals surface area (Å²) in [4.78, 5) is 24.1. The van der Waals surface area contributed by atoms with Crippen LogP contribution in [0.5, 0.6) is 0 Å². The van der Waals surface area contributed by atoms with Crippen molar-refractivity contribution in [1.29, 1.82) is 0 Å². The van der Waals surface area contributed by atoms with Crippen molar-refractivity contribution in [1.82, 2.24) is 0 Å². The van der Waals surface area contributed by atoms with Crippen molar-refractivity contribution in [3.8, 4) is 0 Å². The molecule has 0 amide bonds. The van der Waals surface area contributed by atoms with Crippen molar-refractivity contribution in [3.05, 3.63) is 26.0 Å². The van der Waals surface area contributed by atoms with E-state index in [4.69, 9.17) is 4.74 Å². The monoisotopic (exact) mass is 181 g/mol. The second-order valence-corrected chi connectivity index (χ2v) is 3.23. The minimum atomic E-state index is -0.334. The van der Waals surface area contributed by atoms with Crippen LogP contribution in [-0.4, -0.2) is 26.3 Å². The van der Waals surface area contributed by atoms with E-state index in [2.05, 4.69) is 0 Å². The summed E-state index contributed by atoms with van der Waals surface area (Å²) in [6.07, 6.45) is 0. The molecule has 0 spiro atoms. The summed E-state index contributed by atoms with van der Waals surface area (Å²) in [6.45, 7) is 4.41. The van der Waals surface area contributed by atoms with Gasteiger partial charge in [-0.1, -0.05) is 0 Å². The predicted octanol–water partition coefficient (Wildman–Crippen LogP) is -0.572. The molecule has 1 saturated heterocycles. The van der Waals surface area contributed by atoms with Crippen molar-refractivity contribution in [3.63, 3.8) is 0 Å². The Balaban J connectivity index is 2.26. The van der Waals surface area contributed by atoms with Crippen LogP contribution >= 0.6 is 0 Å². The van der Waals surface area contributed by atoms with E-state index in [-0.39, 0.29) is 10.9 Å². The zero-order valence-electron chi connectivity index (χ0n) is 7.50. The SMILES string of the molecule is Cc1c(N2CCOCC2)c(=O)c1=O. The van der Waals surface area contributed by atoms with Crippen molar-refractivity contribution in [2.45, 2.75) is 6.92 Å². The molecular weight excluding hydrogens is 170 g/mol. The molecule has 0 aromatic heterocycles. The molecule has 1 heterocycles. The maximum absolute atomic E-state index is 11.2. The lowest BCUT2D eigenvalue weighted by Crippen LogP contribution is -2.47. The fraction of sp³-hybridized carbons (Fsp3) is 0.556. The smallest absolute Gasteiger partial charge is 0.249 e. The van der Waals surface area contributed by atoms with Gasteiger partial charge in [-0.25, -0.2) is 0 Å². The van der Waals surface area contributed by atoms with Crippen LogP contribution in [0, 0.1) is 6.92 Å². The standard InChI is InChI=1S/C9H11NO3/c1-6-7(9(12)8(6)11)10-2-4-13-5-3-10/h2-5H2,1H3. The van der Waals surface area contributed by atoms with Gasteiger partial charge in [0, 0.05) is 18.7 Å². The average Bonchev–Trinajstić information content (AvgIpc) is 2.19. The number of morpholine rings is 1. The highest BCUT2D eigenvalue weighted by Crippen LogP contribution is 2.14. The zero-order valence-corrected chi connectivity index (χ0v) is 7.50. The Bertz CT molecular complexity index is 383. The Hall–Kier alpha value is -1.16. The molecule has 0 radical (unpaired) electrons. The normalized spacial score (nSPS) is 18.1. The summed E-state index contributed by atoms with van der Waals surface area (Å²) < 4.78 is 5.16. The highest BCUT2D eigenvalue weighted by Gasteiger charge is 2.23. The lowest BCUT2D eigenvalue weighted by atomic mass is 10.1. The molecule has 1 aromatic carbocycles. The third kappa shape index (κ3) is 1.18. The second kappa shape index (κ2) is 2.96. The van der Waals surface area contributed by atoms with E-state index in [1.807, 2.05) is 4.90 Å². The van der Waals surface area contributed by atoms with Crippen LogP contribution < -0.4 is 15.8 Å². The Morgan fingerprint density at radius 1 is 1.15 bits per heavy atom. The second-order valence-electron chi connectivity index (χ2n) is 3.23. The molecule has 70 valence electrons. The van der Waals surface area contributed by atoms with Gasteiger partial charge >= 0.3 is 0 Å². The lowest BCUT2D eigenvalue weighted by Gasteiger charge is -2.30. The summed E-state index contributed by atoms with van der Waals surface area (Å²) >= 11 is 0. The van der Waals surface area contributed by atoms with Gasteiger partial charge in [0.05, 0.1) is 18.9 Å². The van der Waals surface area contributed by atoms with Crippen LogP contribution in [0.15, 0.2) is 9.59 Å². The fourth-order valence-corrected chi connectivity index (χ4v) is 1.66. The van der Waals surface area contributed by atoms with Gasteiger partial charge in [-0.15, -0.1) is 0 Å². The molecule has 1 aliphatic rings. The van der Waals surface area contributed by atoms with Crippen molar-refractivity contribution < 1.29 is 4.74 Å². The van der Waals surface area contributed by atoms with Gasteiger partial charge in [-0.3, -0.25) is 9.59 Å². The average molecular weight is 181 g/mol. The first-order chi connectivity index (χ1) is 6.22. The van der Waals surface area contributed by atoms with E-state index in [1.165, 1.54) is 0 Å². The summed E-state index contributed by atoms with van der Waals surface area (Å²) in [5.74, 6) is 0. The third-order valence-corrected chi connectivity index (χ3v) is 2.44. The Kier molecular flexibility index (Phi) is 1.92. The molecule has 13 heavy (non-hydrogen) atoms. The van der Waals surface area contributed by atoms with Gasteiger partial charge in [0.1, 0.15) is 0 Å².